The van der Waals surface area contributed by atoms with Gasteiger partial charge in [0.2, 0.25) is 0 Å². The molecular weight excluding hydrogens is 336 g/mol. The van der Waals surface area contributed by atoms with E-state index in [2.05, 4.69) is 21.3 Å². The van der Waals surface area contributed by atoms with Crippen LogP contribution in [0.1, 0.15) is 11.9 Å². The van der Waals surface area contributed by atoms with Crippen molar-refractivity contribution in [3.63, 3.8) is 0 Å². The highest BCUT2D eigenvalue weighted by Gasteiger charge is 2.20. The number of allylic oxidation sites excluding steroid dienone is 1. The lowest BCUT2D eigenvalue weighted by Crippen LogP contribution is -2.03. The molecular formula is C14H10N4OS3. The summed E-state index contributed by atoms with van der Waals surface area (Å²) in [6.45, 7) is 1.83. The molecule has 0 spiro atoms. The summed E-state index contributed by atoms with van der Waals surface area (Å²) in [6, 6.07) is 9.73. The highest BCUT2D eigenvalue weighted by atomic mass is 32.2. The van der Waals surface area contributed by atoms with E-state index >= 15 is 0 Å². The van der Waals surface area contributed by atoms with Crippen LogP contribution in [-0.4, -0.2) is 25.5 Å². The normalized spacial score (nSPS) is 13.6. The molecule has 2 aromatic heterocycles. The molecule has 22 heavy (non-hydrogen) atoms. The van der Waals surface area contributed by atoms with Gasteiger partial charge in [0.25, 0.3) is 0 Å². The zero-order valence-electron chi connectivity index (χ0n) is 11.4. The lowest BCUT2D eigenvalue weighted by Gasteiger charge is -2.09. The van der Waals surface area contributed by atoms with Crippen molar-refractivity contribution in [1.29, 1.82) is 5.26 Å². The quantitative estimate of drug-likeness (QED) is 0.435. The molecule has 0 fully saturated rings. The van der Waals surface area contributed by atoms with E-state index in [-0.39, 0.29) is 16.6 Å². The summed E-state index contributed by atoms with van der Waals surface area (Å²) < 4.78 is 1.74. The van der Waals surface area contributed by atoms with E-state index in [1.54, 1.807) is 5.51 Å². The Morgan fingerprint density at radius 3 is 2.91 bits per heavy atom. The van der Waals surface area contributed by atoms with Crippen LogP contribution in [0.25, 0.3) is 15.8 Å². The third-order valence-corrected chi connectivity index (χ3v) is 5.85. The maximum absolute atomic E-state index is 10.4. The van der Waals surface area contributed by atoms with Crippen molar-refractivity contribution in [2.24, 2.45) is 0 Å². The lowest BCUT2D eigenvalue weighted by atomic mass is 10.2. The van der Waals surface area contributed by atoms with Crippen LogP contribution in [0.3, 0.4) is 0 Å². The Morgan fingerprint density at radius 1 is 1.41 bits per heavy atom. The van der Waals surface area contributed by atoms with Crippen molar-refractivity contribution in [1.82, 2.24) is 15.2 Å². The van der Waals surface area contributed by atoms with Gasteiger partial charge in [-0.3, -0.25) is 0 Å². The molecule has 0 aliphatic carbocycles. The van der Waals surface area contributed by atoms with E-state index in [1.807, 2.05) is 31.2 Å². The summed E-state index contributed by atoms with van der Waals surface area (Å²) in [5.41, 5.74) is 2.67. The number of thioether (sulfide) groups is 1. The molecule has 3 rings (SSSR count). The molecule has 8 heteroatoms. The molecule has 0 aliphatic heterocycles. The van der Waals surface area contributed by atoms with Crippen LogP contribution in [0.5, 0.6) is 0 Å². The van der Waals surface area contributed by atoms with E-state index in [9.17, 15) is 10.4 Å². The fourth-order valence-corrected chi connectivity index (χ4v) is 4.48. The molecule has 3 aromatic rings. The summed E-state index contributed by atoms with van der Waals surface area (Å²) in [7, 11) is 0. The highest BCUT2D eigenvalue weighted by Crippen LogP contribution is 2.33. The minimum Gasteiger partial charge on any atom is -0.510 e. The second-order valence-electron chi connectivity index (χ2n) is 4.32. The number of nitriles is 1. The van der Waals surface area contributed by atoms with Crippen LogP contribution in [0.15, 0.2) is 39.9 Å². The molecule has 110 valence electrons. The van der Waals surface area contributed by atoms with Gasteiger partial charge in [0.05, 0.1) is 15.5 Å². The third kappa shape index (κ3) is 2.97. The standard InChI is InChI=1S/C14H10N4OS3/c1-8(21-14-18-16-7-20-14)12(19)9(6-15)13-17-10-4-2-3-5-11(10)22-13/h2-5,7-8,19H,1H3/b12-9-. The molecule has 1 unspecified atom stereocenters. The molecule has 0 amide bonds. The Labute approximate surface area is 139 Å². The minimum atomic E-state index is -0.297. The number of aliphatic hydroxyl groups is 1. The molecule has 0 bridgehead atoms. The van der Waals surface area contributed by atoms with Crippen molar-refractivity contribution in [3.8, 4) is 6.07 Å². The number of hydrogen-bond acceptors (Lipinski definition) is 8. The van der Waals surface area contributed by atoms with Crippen molar-refractivity contribution in [2.75, 3.05) is 0 Å². The Kier molecular flexibility index (Phi) is 4.38. The van der Waals surface area contributed by atoms with Crippen molar-refractivity contribution in [2.45, 2.75) is 16.5 Å². The molecule has 2 heterocycles. The predicted molar refractivity (Wildman–Crippen MR) is 90.0 cm³/mol. The van der Waals surface area contributed by atoms with Gasteiger partial charge in [-0.05, 0) is 19.1 Å². The zero-order valence-corrected chi connectivity index (χ0v) is 13.9. The van der Waals surface area contributed by atoms with Crippen molar-refractivity contribution < 1.29 is 5.11 Å². The molecule has 1 atom stereocenters. The van der Waals surface area contributed by atoms with Gasteiger partial charge in [0.1, 0.15) is 27.9 Å². The van der Waals surface area contributed by atoms with Gasteiger partial charge in [-0.25, -0.2) is 4.98 Å². The second-order valence-corrected chi connectivity index (χ2v) is 7.78. The fraction of sp³-hybridized carbons (Fsp3) is 0.143. The van der Waals surface area contributed by atoms with Gasteiger partial charge in [0.15, 0.2) is 4.34 Å². The van der Waals surface area contributed by atoms with E-state index in [1.165, 1.54) is 34.4 Å². The number of rotatable bonds is 4. The maximum Gasteiger partial charge on any atom is 0.174 e. The van der Waals surface area contributed by atoms with Crippen molar-refractivity contribution in [3.05, 3.63) is 40.5 Å². The average molecular weight is 346 g/mol. The molecule has 1 aromatic carbocycles. The summed E-state index contributed by atoms with van der Waals surface area (Å²) in [5.74, 6) is 0.0155. The third-order valence-electron chi connectivity index (χ3n) is 2.88. The zero-order chi connectivity index (χ0) is 15.5. The molecule has 0 saturated heterocycles. The highest BCUT2D eigenvalue weighted by molar-refractivity contribution is 8.01. The van der Waals surface area contributed by atoms with Gasteiger partial charge < -0.3 is 5.11 Å². The first-order chi connectivity index (χ1) is 10.7. The number of nitrogens with zero attached hydrogens (tertiary/aromatic N) is 4. The van der Waals surface area contributed by atoms with Gasteiger partial charge in [-0.2, -0.15) is 5.26 Å². The van der Waals surface area contributed by atoms with E-state index in [4.69, 9.17) is 0 Å². The summed E-state index contributed by atoms with van der Waals surface area (Å²) in [6.07, 6.45) is 0. The van der Waals surface area contributed by atoms with Crippen LogP contribution >= 0.6 is 34.4 Å². The summed E-state index contributed by atoms with van der Waals surface area (Å²) >= 11 is 4.16. The van der Waals surface area contributed by atoms with Crippen LogP contribution < -0.4 is 0 Å². The number of thiazole rings is 1. The fourth-order valence-electron chi connectivity index (χ4n) is 1.82. The number of para-hydroxylation sites is 1. The molecule has 5 nitrogen and oxygen atoms in total. The van der Waals surface area contributed by atoms with Gasteiger partial charge in [0, 0.05) is 0 Å². The smallest absolute Gasteiger partial charge is 0.174 e. The Bertz CT molecular complexity index is 831. The largest absolute Gasteiger partial charge is 0.510 e. The SMILES string of the molecule is CC(Sc1nncs1)/C(O)=C(\C#N)c1nc2ccccc2s1. The van der Waals surface area contributed by atoms with Crippen molar-refractivity contribution >= 4 is 50.2 Å². The first-order valence-electron chi connectivity index (χ1n) is 6.31. The van der Waals surface area contributed by atoms with Gasteiger partial charge >= 0.3 is 0 Å². The van der Waals surface area contributed by atoms with Crippen LogP contribution in [0, 0.1) is 11.3 Å². The number of hydrogen-bond donors (Lipinski definition) is 1. The van der Waals surface area contributed by atoms with Gasteiger partial charge in [-0.15, -0.1) is 21.5 Å². The van der Waals surface area contributed by atoms with Crippen LogP contribution in [0.2, 0.25) is 0 Å². The van der Waals surface area contributed by atoms with E-state index in [0.29, 0.717) is 5.01 Å². The minimum absolute atomic E-state index is 0.0155. The molecule has 0 saturated carbocycles. The van der Waals surface area contributed by atoms with Crippen LogP contribution in [0.4, 0.5) is 0 Å². The molecule has 0 radical (unpaired) electrons. The Hall–Kier alpha value is -1.95. The number of fused-ring (bicyclic) bond motifs is 1. The maximum atomic E-state index is 10.4. The molecule has 0 aliphatic rings. The topological polar surface area (TPSA) is 82.7 Å². The summed E-state index contributed by atoms with van der Waals surface area (Å²) in [5, 5.41) is 27.8. The van der Waals surface area contributed by atoms with E-state index in [0.717, 1.165) is 14.6 Å². The van der Waals surface area contributed by atoms with Gasteiger partial charge in [-0.1, -0.05) is 35.2 Å². The first kappa shape index (κ1) is 15.0. The monoisotopic (exact) mass is 346 g/mol. The average Bonchev–Trinajstić information content (AvgIpc) is 3.16. The second kappa shape index (κ2) is 6.44. The summed E-state index contributed by atoms with van der Waals surface area (Å²) in [4.78, 5) is 4.43. The number of aliphatic hydroxyl groups excluding tert-OH is 1. The predicted octanol–water partition coefficient (Wildman–Crippen LogP) is 4.12. The number of aromatic nitrogens is 3. The Balaban J connectivity index is 1.95. The first-order valence-corrected chi connectivity index (χ1v) is 8.88. The van der Waals surface area contributed by atoms with Crippen LogP contribution in [-0.2, 0) is 0 Å². The number of benzene rings is 1. The lowest BCUT2D eigenvalue weighted by molar-refractivity contribution is 0.402. The van der Waals surface area contributed by atoms with E-state index < -0.39 is 0 Å². The molecule has 1 N–H and O–H groups in total. The Morgan fingerprint density at radius 2 is 2.23 bits per heavy atom.